The maximum atomic E-state index is 12.6. The van der Waals surface area contributed by atoms with Crippen LogP contribution in [-0.4, -0.2) is 40.7 Å². The van der Waals surface area contributed by atoms with E-state index in [1.165, 1.54) is 10.5 Å². The molecular formula is C20H23N3O4S. The summed E-state index contributed by atoms with van der Waals surface area (Å²) in [5.74, 6) is 0.223. The number of hydrogen-bond donors (Lipinski definition) is 1. The molecule has 0 saturated heterocycles. The fraction of sp³-hybridized carbons (Fsp3) is 0.350. The zero-order chi connectivity index (χ0) is 20.3. The van der Waals surface area contributed by atoms with Gasteiger partial charge in [0.25, 0.3) is 5.56 Å². The summed E-state index contributed by atoms with van der Waals surface area (Å²) in [6.45, 7) is 4.70. The first kappa shape index (κ1) is 20.2. The number of rotatable bonds is 7. The van der Waals surface area contributed by atoms with E-state index in [-0.39, 0.29) is 23.3 Å². The van der Waals surface area contributed by atoms with Gasteiger partial charge in [-0.05, 0) is 44.8 Å². The van der Waals surface area contributed by atoms with Gasteiger partial charge in [-0.2, -0.15) is 4.98 Å². The number of H-pyrrole nitrogens is 1. The first-order valence-corrected chi connectivity index (χ1v) is 10.2. The van der Waals surface area contributed by atoms with Crippen molar-refractivity contribution in [3.63, 3.8) is 0 Å². The fourth-order valence-corrected chi connectivity index (χ4v) is 3.45. The molecular weight excluding hydrogens is 378 g/mol. The molecule has 0 bridgehead atoms. The van der Waals surface area contributed by atoms with Gasteiger partial charge in [0.15, 0.2) is 0 Å². The normalized spacial score (nSPS) is 11.3. The second kappa shape index (κ2) is 8.62. The van der Waals surface area contributed by atoms with Crippen LogP contribution in [0.4, 0.5) is 0 Å². The third kappa shape index (κ3) is 4.28. The quantitative estimate of drug-likeness (QED) is 0.480. The lowest BCUT2D eigenvalue weighted by molar-refractivity contribution is 0.0526. The maximum absolute atomic E-state index is 12.6. The molecule has 0 aliphatic rings. The van der Waals surface area contributed by atoms with E-state index in [0.717, 1.165) is 0 Å². The number of esters is 1. The largest absolute Gasteiger partial charge is 0.462 e. The van der Waals surface area contributed by atoms with Gasteiger partial charge >= 0.3 is 5.97 Å². The van der Waals surface area contributed by atoms with Crippen LogP contribution in [-0.2, 0) is 17.8 Å². The van der Waals surface area contributed by atoms with Gasteiger partial charge in [-0.25, -0.2) is 4.79 Å². The molecule has 8 heteroatoms. The van der Waals surface area contributed by atoms with Gasteiger partial charge in [-0.1, -0.05) is 12.1 Å². The maximum Gasteiger partial charge on any atom is 0.342 e. The number of ether oxygens (including phenoxy) is 1. The summed E-state index contributed by atoms with van der Waals surface area (Å²) in [6.07, 6.45) is 2.04. The Balaban J connectivity index is 1.82. The summed E-state index contributed by atoms with van der Waals surface area (Å²) in [7, 11) is 1.95. The Bertz CT molecular complexity index is 1040. The van der Waals surface area contributed by atoms with E-state index in [0.29, 0.717) is 24.7 Å². The molecule has 3 rings (SSSR count). The van der Waals surface area contributed by atoms with Crippen molar-refractivity contribution in [1.29, 1.82) is 0 Å². The Morgan fingerprint density at radius 3 is 2.64 bits per heavy atom. The van der Waals surface area contributed by atoms with Gasteiger partial charge in [0.1, 0.15) is 22.5 Å². The van der Waals surface area contributed by atoms with Gasteiger partial charge in [0.05, 0.1) is 13.2 Å². The molecule has 0 amide bonds. The Morgan fingerprint density at radius 1 is 1.29 bits per heavy atom. The van der Waals surface area contributed by atoms with Crippen LogP contribution in [0.25, 0.3) is 11.1 Å². The van der Waals surface area contributed by atoms with Crippen LogP contribution in [0.2, 0.25) is 0 Å². The lowest BCUT2D eigenvalue weighted by Gasteiger charge is -2.16. The van der Waals surface area contributed by atoms with Crippen LogP contribution in [0.15, 0.2) is 38.4 Å². The first-order chi connectivity index (χ1) is 13.4. The third-order valence-corrected chi connectivity index (χ3v) is 5.04. The molecule has 0 aliphatic carbocycles. The standard InChI is InChI=1S/C20H23N3O4S/c1-5-26-20(25)16-12(2)27-19-17(16)18(24)21-15(22-19)11-23(3)10-13-6-8-14(28-4)9-7-13/h6-9H,5,10-11H2,1-4H3,(H,21,22,24). The molecule has 0 unspecified atom stereocenters. The van der Waals surface area contributed by atoms with Crippen LogP contribution < -0.4 is 5.56 Å². The second-order valence-electron chi connectivity index (χ2n) is 6.47. The zero-order valence-corrected chi connectivity index (χ0v) is 17.2. The van der Waals surface area contributed by atoms with Crippen molar-refractivity contribution in [1.82, 2.24) is 14.9 Å². The predicted molar refractivity (Wildman–Crippen MR) is 109 cm³/mol. The number of nitrogens with zero attached hydrogens (tertiary/aromatic N) is 2. The summed E-state index contributed by atoms with van der Waals surface area (Å²) in [5.41, 5.74) is 1.05. The van der Waals surface area contributed by atoms with E-state index in [1.54, 1.807) is 25.6 Å². The lowest BCUT2D eigenvalue weighted by atomic mass is 10.2. The number of nitrogens with one attached hydrogen (secondary N) is 1. The van der Waals surface area contributed by atoms with Crippen molar-refractivity contribution in [3.05, 3.63) is 57.3 Å². The zero-order valence-electron chi connectivity index (χ0n) is 16.4. The molecule has 7 nitrogen and oxygen atoms in total. The number of thioether (sulfide) groups is 1. The fourth-order valence-electron chi connectivity index (χ4n) is 3.04. The van der Waals surface area contributed by atoms with Crippen molar-refractivity contribution in [2.24, 2.45) is 0 Å². The number of hydrogen-bond acceptors (Lipinski definition) is 7. The van der Waals surface area contributed by atoms with Crippen molar-refractivity contribution in [2.75, 3.05) is 19.9 Å². The summed E-state index contributed by atoms with van der Waals surface area (Å²) >= 11 is 1.70. The average molecular weight is 401 g/mol. The minimum absolute atomic E-state index is 0.134. The highest BCUT2D eigenvalue weighted by Gasteiger charge is 2.23. The Hall–Kier alpha value is -2.58. The minimum Gasteiger partial charge on any atom is -0.462 e. The molecule has 148 valence electrons. The minimum atomic E-state index is -0.579. The molecule has 1 N–H and O–H groups in total. The van der Waals surface area contributed by atoms with E-state index in [9.17, 15) is 9.59 Å². The summed E-state index contributed by atoms with van der Waals surface area (Å²) in [4.78, 5) is 35.1. The number of aryl methyl sites for hydroxylation is 1. The highest BCUT2D eigenvalue weighted by atomic mass is 32.2. The molecule has 1 aromatic carbocycles. The summed E-state index contributed by atoms with van der Waals surface area (Å²) in [5, 5.41) is 0.134. The SMILES string of the molecule is CCOC(=O)c1c(C)oc2nc(CN(C)Cc3ccc(SC)cc3)[nH]c(=O)c12. The molecule has 0 aliphatic heterocycles. The number of furan rings is 1. The Labute approximate surface area is 167 Å². The van der Waals surface area contributed by atoms with Crippen LogP contribution in [0.5, 0.6) is 0 Å². The number of fused-ring (bicyclic) bond motifs is 1. The molecule has 0 saturated carbocycles. The first-order valence-electron chi connectivity index (χ1n) is 8.93. The van der Waals surface area contributed by atoms with Crippen LogP contribution in [0, 0.1) is 6.92 Å². The Morgan fingerprint density at radius 2 is 2.00 bits per heavy atom. The molecule has 0 radical (unpaired) electrons. The van der Waals surface area contributed by atoms with Crippen LogP contribution >= 0.6 is 11.8 Å². The van der Waals surface area contributed by atoms with E-state index in [2.05, 4.69) is 34.2 Å². The number of benzene rings is 1. The van der Waals surface area contributed by atoms with Crippen LogP contribution in [0.3, 0.4) is 0 Å². The third-order valence-electron chi connectivity index (χ3n) is 4.30. The van der Waals surface area contributed by atoms with Gasteiger partial charge in [0.2, 0.25) is 5.71 Å². The van der Waals surface area contributed by atoms with Crippen LogP contribution in [0.1, 0.15) is 34.4 Å². The highest BCUT2D eigenvalue weighted by Crippen LogP contribution is 2.22. The summed E-state index contributed by atoms with van der Waals surface area (Å²) < 4.78 is 10.6. The van der Waals surface area contributed by atoms with E-state index >= 15 is 0 Å². The van der Waals surface area contributed by atoms with Crippen molar-refractivity contribution < 1.29 is 13.9 Å². The summed E-state index contributed by atoms with van der Waals surface area (Å²) in [6, 6.07) is 8.34. The smallest absolute Gasteiger partial charge is 0.342 e. The molecule has 3 aromatic rings. The molecule has 0 atom stereocenters. The van der Waals surface area contributed by atoms with E-state index in [4.69, 9.17) is 9.15 Å². The molecule has 0 fully saturated rings. The number of carbonyl (C=O) groups excluding carboxylic acids is 1. The topological polar surface area (TPSA) is 88.4 Å². The monoisotopic (exact) mass is 401 g/mol. The predicted octanol–water partition coefficient (Wildman–Crippen LogP) is 3.36. The van der Waals surface area contributed by atoms with Gasteiger partial charge in [-0.15, -0.1) is 11.8 Å². The number of carbonyl (C=O) groups is 1. The van der Waals surface area contributed by atoms with Gasteiger partial charge < -0.3 is 14.1 Å². The Kier molecular flexibility index (Phi) is 6.21. The van der Waals surface area contributed by atoms with Crippen molar-refractivity contribution in [2.45, 2.75) is 31.8 Å². The highest BCUT2D eigenvalue weighted by molar-refractivity contribution is 7.98. The van der Waals surface area contributed by atoms with E-state index < -0.39 is 11.5 Å². The average Bonchev–Trinajstić information content (AvgIpc) is 2.99. The second-order valence-corrected chi connectivity index (χ2v) is 7.35. The van der Waals surface area contributed by atoms with E-state index in [1.807, 2.05) is 18.2 Å². The van der Waals surface area contributed by atoms with Crippen molar-refractivity contribution in [3.8, 4) is 0 Å². The molecule has 2 heterocycles. The number of aromatic nitrogens is 2. The van der Waals surface area contributed by atoms with Gasteiger partial charge in [-0.3, -0.25) is 9.69 Å². The molecule has 28 heavy (non-hydrogen) atoms. The van der Waals surface area contributed by atoms with Gasteiger partial charge in [0, 0.05) is 11.4 Å². The molecule has 0 spiro atoms. The lowest BCUT2D eigenvalue weighted by Crippen LogP contribution is -2.22. The van der Waals surface area contributed by atoms with Crippen molar-refractivity contribution >= 4 is 28.8 Å². The molecule has 2 aromatic heterocycles. The number of aromatic amines is 1.